The van der Waals surface area contributed by atoms with Crippen LogP contribution in [0.15, 0.2) is 0 Å². The molecule has 0 spiro atoms. The maximum absolute atomic E-state index is 12.1. The molecule has 0 heterocycles. The molecule has 7 nitrogen and oxygen atoms in total. The van der Waals surface area contributed by atoms with Gasteiger partial charge in [-0.1, -0.05) is 40.0 Å². The first-order valence-corrected chi connectivity index (χ1v) is 8.90. The Morgan fingerprint density at radius 3 is 2.05 bits per heavy atom. The van der Waals surface area contributed by atoms with E-state index in [1.165, 1.54) is 0 Å². The summed E-state index contributed by atoms with van der Waals surface area (Å²) in [6.07, 6.45) is 3.84. The lowest BCUT2D eigenvalue weighted by atomic mass is 9.67. The van der Waals surface area contributed by atoms with Gasteiger partial charge in [-0.25, -0.2) is 0 Å². The van der Waals surface area contributed by atoms with Gasteiger partial charge in [0.05, 0.1) is 12.3 Å². The highest BCUT2D eigenvalue weighted by molar-refractivity contribution is 7.81. The summed E-state index contributed by atoms with van der Waals surface area (Å²) in [6, 6.07) is 0. The van der Waals surface area contributed by atoms with E-state index in [4.69, 9.17) is 9.66 Å². The number of hydrogen-bond acceptors (Lipinski definition) is 5. The third-order valence-electron chi connectivity index (χ3n) is 4.28. The fourth-order valence-corrected chi connectivity index (χ4v) is 3.21. The van der Waals surface area contributed by atoms with Crippen molar-refractivity contribution < 1.29 is 31.8 Å². The Labute approximate surface area is 132 Å². The van der Waals surface area contributed by atoms with E-state index in [0.29, 0.717) is 19.3 Å². The summed E-state index contributed by atoms with van der Waals surface area (Å²) < 4.78 is 34.2. The first-order chi connectivity index (χ1) is 10.1. The van der Waals surface area contributed by atoms with Gasteiger partial charge < -0.3 is 9.29 Å². The van der Waals surface area contributed by atoms with E-state index in [1.807, 2.05) is 20.8 Å². The first kappa shape index (κ1) is 20.9. The van der Waals surface area contributed by atoms with Crippen LogP contribution in [-0.2, 0) is 24.2 Å². The average Bonchev–Trinajstić information content (AvgIpc) is 2.40. The lowest BCUT2D eigenvalue weighted by Crippen LogP contribution is -2.38. The quantitative estimate of drug-likeness (QED) is 0.439. The maximum Gasteiger partial charge on any atom is 0.448 e. The highest BCUT2D eigenvalue weighted by atomic mass is 32.3. The van der Waals surface area contributed by atoms with Gasteiger partial charge in [-0.3, -0.25) is 14.1 Å². The third kappa shape index (κ3) is 6.74. The van der Waals surface area contributed by atoms with Gasteiger partial charge in [-0.15, -0.1) is 0 Å². The summed E-state index contributed by atoms with van der Waals surface area (Å²) in [5, 5.41) is 9.04. The van der Waals surface area contributed by atoms with Crippen LogP contribution in [-0.4, -0.2) is 30.0 Å². The summed E-state index contributed by atoms with van der Waals surface area (Å²) in [4.78, 5) is 23.1. The van der Waals surface area contributed by atoms with E-state index >= 15 is 0 Å². The van der Waals surface area contributed by atoms with Crippen molar-refractivity contribution in [3.63, 3.8) is 0 Å². The molecule has 0 rings (SSSR count). The second-order valence-electron chi connectivity index (χ2n) is 5.51. The highest BCUT2D eigenvalue weighted by Crippen LogP contribution is 2.43. The number of carboxylic acids is 1. The SMILES string of the molecule is CCCCCC(CC)(CC)C(CC(=O)O)C(=O)OS(=O)(=O)O. The fourth-order valence-electron chi connectivity index (χ4n) is 2.88. The van der Waals surface area contributed by atoms with E-state index in [1.54, 1.807) is 0 Å². The van der Waals surface area contributed by atoms with Crippen LogP contribution in [0.5, 0.6) is 0 Å². The molecule has 0 radical (unpaired) electrons. The van der Waals surface area contributed by atoms with Gasteiger partial charge in [0.2, 0.25) is 0 Å². The van der Waals surface area contributed by atoms with Gasteiger partial charge in [0.15, 0.2) is 0 Å². The topological polar surface area (TPSA) is 118 Å². The van der Waals surface area contributed by atoms with Crippen LogP contribution in [0.4, 0.5) is 0 Å². The minimum absolute atomic E-state index is 0.520. The lowest BCUT2D eigenvalue weighted by molar-refractivity contribution is -0.152. The van der Waals surface area contributed by atoms with Gasteiger partial charge in [0.1, 0.15) is 0 Å². The van der Waals surface area contributed by atoms with Gasteiger partial charge in [0, 0.05) is 0 Å². The predicted molar refractivity (Wildman–Crippen MR) is 80.5 cm³/mol. The molecule has 0 aromatic heterocycles. The molecular formula is C14H26O7S. The molecule has 130 valence electrons. The van der Waals surface area contributed by atoms with Crippen LogP contribution in [0, 0.1) is 11.3 Å². The zero-order valence-electron chi connectivity index (χ0n) is 13.4. The Hall–Kier alpha value is -1.15. The van der Waals surface area contributed by atoms with Crippen molar-refractivity contribution in [3.05, 3.63) is 0 Å². The van der Waals surface area contributed by atoms with Crippen molar-refractivity contribution in [1.82, 2.24) is 0 Å². The van der Waals surface area contributed by atoms with Gasteiger partial charge in [0.25, 0.3) is 0 Å². The van der Waals surface area contributed by atoms with E-state index in [2.05, 4.69) is 4.18 Å². The van der Waals surface area contributed by atoms with Gasteiger partial charge in [-0.2, -0.15) is 8.42 Å². The Morgan fingerprint density at radius 1 is 1.14 bits per heavy atom. The van der Waals surface area contributed by atoms with E-state index in [9.17, 15) is 18.0 Å². The first-order valence-electron chi connectivity index (χ1n) is 7.54. The largest absolute Gasteiger partial charge is 0.481 e. The minimum atomic E-state index is -4.95. The summed E-state index contributed by atoms with van der Waals surface area (Å²) in [5.41, 5.74) is -0.657. The summed E-state index contributed by atoms with van der Waals surface area (Å²) in [7, 11) is -4.95. The molecule has 2 N–H and O–H groups in total. The van der Waals surface area contributed by atoms with E-state index < -0.39 is 40.1 Å². The number of unbranched alkanes of at least 4 members (excludes halogenated alkanes) is 2. The Morgan fingerprint density at radius 2 is 1.68 bits per heavy atom. The molecule has 0 amide bonds. The Balaban J connectivity index is 5.46. The standard InChI is InChI=1S/C14H26O7S/c1-4-7-8-9-14(5-2,6-3)11(10-12(15)16)13(17)21-22(18,19)20/h11H,4-10H2,1-3H3,(H,15,16)(H,18,19,20). The van der Waals surface area contributed by atoms with E-state index in [0.717, 1.165) is 19.3 Å². The monoisotopic (exact) mass is 338 g/mol. The number of carboxylic acid groups (broad SMARTS) is 1. The molecule has 0 aliphatic rings. The van der Waals surface area contributed by atoms with Crippen molar-refractivity contribution in [2.75, 3.05) is 0 Å². The van der Waals surface area contributed by atoms with Crippen LogP contribution >= 0.6 is 0 Å². The van der Waals surface area contributed by atoms with Crippen molar-refractivity contribution in [2.45, 2.75) is 65.7 Å². The maximum atomic E-state index is 12.1. The zero-order valence-corrected chi connectivity index (χ0v) is 14.2. The number of carbonyl (C=O) groups is 2. The molecule has 22 heavy (non-hydrogen) atoms. The van der Waals surface area contributed by atoms with Gasteiger partial charge >= 0.3 is 22.3 Å². The van der Waals surface area contributed by atoms with Crippen molar-refractivity contribution in [1.29, 1.82) is 0 Å². The van der Waals surface area contributed by atoms with Crippen LogP contribution in [0.25, 0.3) is 0 Å². The molecule has 0 aliphatic heterocycles. The number of hydrogen-bond donors (Lipinski definition) is 2. The van der Waals surface area contributed by atoms with Crippen LogP contribution < -0.4 is 0 Å². The summed E-state index contributed by atoms with van der Waals surface area (Å²) in [5.74, 6) is -3.53. The normalized spacial score (nSPS) is 13.6. The average molecular weight is 338 g/mol. The molecule has 1 unspecified atom stereocenters. The second kappa shape index (κ2) is 9.09. The van der Waals surface area contributed by atoms with Crippen LogP contribution in [0.3, 0.4) is 0 Å². The number of carbonyl (C=O) groups excluding carboxylic acids is 1. The van der Waals surface area contributed by atoms with Gasteiger partial charge in [-0.05, 0) is 24.7 Å². The lowest BCUT2D eigenvalue weighted by Gasteiger charge is -2.37. The zero-order chi connectivity index (χ0) is 17.4. The van der Waals surface area contributed by atoms with Crippen LogP contribution in [0.1, 0.15) is 65.7 Å². The van der Waals surface area contributed by atoms with Crippen molar-refractivity contribution in [2.24, 2.45) is 11.3 Å². The molecule has 0 saturated heterocycles. The number of rotatable bonds is 11. The highest BCUT2D eigenvalue weighted by Gasteiger charge is 2.43. The minimum Gasteiger partial charge on any atom is -0.481 e. The second-order valence-corrected chi connectivity index (χ2v) is 6.53. The molecule has 0 aliphatic carbocycles. The van der Waals surface area contributed by atoms with Crippen molar-refractivity contribution in [3.8, 4) is 0 Å². The Kier molecular flexibility index (Phi) is 8.62. The van der Waals surface area contributed by atoms with Crippen molar-refractivity contribution >= 4 is 22.3 Å². The molecule has 0 aromatic rings. The van der Waals surface area contributed by atoms with E-state index in [-0.39, 0.29) is 0 Å². The summed E-state index contributed by atoms with van der Waals surface area (Å²) >= 11 is 0. The Bertz CT molecular complexity index is 466. The van der Waals surface area contributed by atoms with Crippen LogP contribution in [0.2, 0.25) is 0 Å². The molecule has 0 saturated carbocycles. The third-order valence-corrected chi connectivity index (χ3v) is 4.65. The molecule has 1 atom stereocenters. The molecule has 8 heteroatoms. The molecule has 0 bridgehead atoms. The number of aliphatic carboxylic acids is 1. The smallest absolute Gasteiger partial charge is 0.448 e. The molecule has 0 aromatic carbocycles. The molecular weight excluding hydrogens is 312 g/mol. The predicted octanol–water partition coefficient (Wildman–Crippen LogP) is 2.81. The fraction of sp³-hybridized carbons (Fsp3) is 0.857. The summed E-state index contributed by atoms with van der Waals surface area (Å²) in [6.45, 7) is 5.71. The molecule has 0 fully saturated rings.